The van der Waals surface area contributed by atoms with E-state index in [1.54, 1.807) is 10.9 Å². The Morgan fingerprint density at radius 1 is 1.13 bits per heavy atom. The minimum atomic E-state index is -0.120. The van der Waals surface area contributed by atoms with Crippen LogP contribution in [-0.2, 0) is 6.61 Å². The highest BCUT2D eigenvalue weighted by molar-refractivity contribution is 7.08. The van der Waals surface area contributed by atoms with Gasteiger partial charge in [0.25, 0.3) is 5.56 Å². The van der Waals surface area contributed by atoms with Crippen LogP contribution in [0.5, 0.6) is 5.75 Å². The van der Waals surface area contributed by atoms with Crippen LogP contribution in [0, 0.1) is 0 Å². The lowest BCUT2D eigenvalue weighted by Crippen LogP contribution is -1.97. The van der Waals surface area contributed by atoms with E-state index < -0.39 is 0 Å². The number of ether oxygens (including phenoxy) is 1. The number of aromatic nitrogens is 3. The second-order valence-electron chi connectivity index (χ2n) is 5.07. The van der Waals surface area contributed by atoms with Gasteiger partial charge in [0.05, 0.1) is 17.1 Å². The third-order valence-corrected chi connectivity index (χ3v) is 4.33. The molecule has 23 heavy (non-hydrogen) atoms. The first-order valence-electron chi connectivity index (χ1n) is 7.13. The Morgan fingerprint density at radius 3 is 2.78 bits per heavy atom. The van der Waals surface area contributed by atoms with Crippen LogP contribution in [0.4, 0.5) is 0 Å². The third-order valence-electron chi connectivity index (χ3n) is 3.53. The van der Waals surface area contributed by atoms with Crippen molar-refractivity contribution in [2.24, 2.45) is 0 Å². The van der Waals surface area contributed by atoms with E-state index in [-0.39, 0.29) is 5.56 Å². The SMILES string of the molecule is O=c1cc(-n2ncc3c(OCc4ccccc4)cccc32)s[nH]1. The molecule has 6 heteroatoms. The summed E-state index contributed by atoms with van der Waals surface area (Å²) in [6, 6.07) is 17.4. The Hall–Kier alpha value is -2.86. The zero-order chi connectivity index (χ0) is 15.6. The maximum absolute atomic E-state index is 11.3. The molecule has 0 aliphatic heterocycles. The van der Waals surface area contributed by atoms with Gasteiger partial charge in [-0.25, -0.2) is 4.68 Å². The molecule has 4 aromatic rings. The van der Waals surface area contributed by atoms with Gasteiger partial charge in [0.2, 0.25) is 0 Å². The minimum absolute atomic E-state index is 0.120. The highest BCUT2D eigenvalue weighted by Crippen LogP contribution is 2.28. The highest BCUT2D eigenvalue weighted by Gasteiger charge is 2.11. The lowest BCUT2D eigenvalue weighted by atomic mass is 10.2. The van der Waals surface area contributed by atoms with Crippen molar-refractivity contribution in [2.45, 2.75) is 6.61 Å². The quantitative estimate of drug-likeness (QED) is 0.626. The van der Waals surface area contributed by atoms with Gasteiger partial charge in [-0.05, 0) is 29.2 Å². The molecule has 0 aliphatic carbocycles. The minimum Gasteiger partial charge on any atom is -0.488 e. The molecule has 0 fully saturated rings. The molecule has 0 unspecified atom stereocenters. The van der Waals surface area contributed by atoms with E-state index in [1.807, 2.05) is 48.5 Å². The van der Waals surface area contributed by atoms with E-state index in [9.17, 15) is 4.79 Å². The van der Waals surface area contributed by atoms with Crippen LogP contribution >= 0.6 is 11.5 Å². The summed E-state index contributed by atoms with van der Waals surface area (Å²) < 4.78 is 10.4. The second-order valence-corrected chi connectivity index (χ2v) is 5.90. The van der Waals surface area contributed by atoms with Gasteiger partial charge in [0.1, 0.15) is 17.4 Å². The summed E-state index contributed by atoms with van der Waals surface area (Å²) in [4.78, 5) is 11.3. The fourth-order valence-corrected chi connectivity index (χ4v) is 3.10. The average Bonchev–Trinajstić information content (AvgIpc) is 3.20. The van der Waals surface area contributed by atoms with Crippen molar-refractivity contribution >= 4 is 22.4 Å². The van der Waals surface area contributed by atoms with E-state index in [2.05, 4.69) is 9.47 Å². The van der Waals surface area contributed by atoms with E-state index in [4.69, 9.17) is 4.74 Å². The van der Waals surface area contributed by atoms with E-state index in [1.165, 1.54) is 17.6 Å². The fraction of sp³-hybridized carbons (Fsp3) is 0.0588. The smallest absolute Gasteiger partial charge is 0.260 e. The Labute approximate surface area is 135 Å². The Bertz CT molecular complexity index is 1000. The molecule has 0 amide bonds. The predicted molar refractivity (Wildman–Crippen MR) is 90.3 cm³/mol. The topological polar surface area (TPSA) is 59.9 Å². The number of nitrogens with zero attached hydrogens (tertiary/aromatic N) is 2. The monoisotopic (exact) mass is 323 g/mol. The van der Waals surface area contributed by atoms with E-state index in [0.717, 1.165) is 27.2 Å². The molecule has 114 valence electrons. The Kier molecular flexibility index (Phi) is 3.44. The van der Waals surface area contributed by atoms with Crippen molar-refractivity contribution in [3.8, 4) is 10.8 Å². The van der Waals surface area contributed by atoms with Crippen LogP contribution < -0.4 is 10.3 Å². The number of aromatic amines is 1. The molecule has 0 spiro atoms. The predicted octanol–water partition coefficient (Wildman–Crippen LogP) is 3.35. The average molecular weight is 323 g/mol. The maximum atomic E-state index is 11.3. The summed E-state index contributed by atoms with van der Waals surface area (Å²) in [6.45, 7) is 0.503. The number of benzene rings is 2. The fourth-order valence-electron chi connectivity index (χ4n) is 2.44. The standard InChI is InChI=1S/C17H13N3O2S/c21-16-9-17(23-19-16)20-14-7-4-8-15(13(14)10-18-20)22-11-12-5-2-1-3-6-12/h1-10H,11H2,(H,19,21). The van der Waals surface area contributed by atoms with Gasteiger partial charge >= 0.3 is 0 Å². The summed E-state index contributed by atoms with van der Waals surface area (Å²) in [5, 5.41) is 6.06. The van der Waals surface area contributed by atoms with Crippen molar-refractivity contribution in [1.29, 1.82) is 0 Å². The lowest BCUT2D eigenvalue weighted by Gasteiger charge is -2.07. The number of hydrogen-bond donors (Lipinski definition) is 1. The number of fused-ring (bicyclic) bond motifs is 1. The van der Waals surface area contributed by atoms with Crippen molar-refractivity contribution in [3.63, 3.8) is 0 Å². The summed E-state index contributed by atoms with van der Waals surface area (Å²) in [7, 11) is 0. The molecule has 0 aliphatic rings. The molecule has 4 rings (SSSR count). The molecule has 0 bridgehead atoms. The van der Waals surface area contributed by atoms with Gasteiger partial charge in [-0.2, -0.15) is 5.10 Å². The largest absolute Gasteiger partial charge is 0.488 e. The Morgan fingerprint density at radius 2 is 2.00 bits per heavy atom. The van der Waals surface area contributed by atoms with E-state index in [0.29, 0.717) is 6.61 Å². The van der Waals surface area contributed by atoms with Crippen molar-refractivity contribution in [2.75, 3.05) is 0 Å². The first-order valence-corrected chi connectivity index (χ1v) is 7.95. The van der Waals surface area contributed by atoms with Crippen LogP contribution in [0.15, 0.2) is 65.6 Å². The molecule has 2 aromatic heterocycles. The zero-order valence-electron chi connectivity index (χ0n) is 12.1. The van der Waals surface area contributed by atoms with Crippen LogP contribution in [-0.4, -0.2) is 14.2 Å². The van der Waals surface area contributed by atoms with Gasteiger partial charge in [0, 0.05) is 6.07 Å². The van der Waals surface area contributed by atoms with E-state index >= 15 is 0 Å². The van der Waals surface area contributed by atoms with Gasteiger partial charge in [0.15, 0.2) is 0 Å². The summed E-state index contributed by atoms with van der Waals surface area (Å²) >= 11 is 1.26. The summed E-state index contributed by atoms with van der Waals surface area (Å²) in [6.07, 6.45) is 1.76. The van der Waals surface area contributed by atoms with Crippen LogP contribution in [0.1, 0.15) is 5.56 Å². The summed E-state index contributed by atoms with van der Waals surface area (Å²) in [5.74, 6) is 0.778. The number of nitrogens with one attached hydrogen (secondary N) is 1. The van der Waals surface area contributed by atoms with Crippen molar-refractivity contribution < 1.29 is 4.74 Å². The third kappa shape index (κ3) is 2.64. The molecule has 0 saturated heterocycles. The van der Waals surface area contributed by atoms with Gasteiger partial charge < -0.3 is 4.74 Å². The Balaban J connectivity index is 1.69. The molecular weight excluding hydrogens is 310 g/mol. The molecule has 2 heterocycles. The maximum Gasteiger partial charge on any atom is 0.260 e. The van der Waals surface area contributed by atoms with Gasteiger partial charge in [-0.1, -0.05) is 36.4 Å². The normalized spacial score (nSPS) is 11.0. The molecule has 0 atom stereocenters. The molecular formula is C17H13N3O2S. The van der Waals surface area contributed by atoms with Crippen LogP contribution in [0.3, 0.4) is 0 Å². The van der Waals surface area contributed by atoms with Crippen molar-refractivity contribution in [1.82, 2.24) is 14.2 Å². The molecule has 0 saturated carbocycles. The van der Waals surface area contributed by atoms with Gasteiger partial charge in [-0.15, -0.1) is 0 Å². The molecule has 1 N–H and O–H groups in total. The number of hydrogen-bond acceptors (Lipinski definition) is 4. The molecule has 2 aromatic carbocycles. The lowest BCUT2D eigenvalue weighted by molar-refractivity contribution is 0.310. The first-order chi connectivity index (χ1) is 11.3. The number of H-pyrrole nitrogens is 1. The number of rotatable bonds is 4. The highest BCUT2D eigenvalue weighted by atomic mass is 32.1. The van der Waals surface area contributed by atoms with Crippen molar-refractivity contribution in [3.05, 3.63) is 76.7 Å². The van der Waals surface area contributed by atoms with Gasteiger partial charge in [-0.3, -0.25) is 9.17 Å². The summed E-state index contributed by atoms with van der Waals surface area (Å²) in [5.41, 5.74) is 1.90. The molecule has 0 radical (unpaired) electrons. The first kappa shape index (κ1) is 13.8. The molecule has 5 nitrogen and oxygen atoms in total. The van der Waals surface area contributed by atoms with Crippen LogP contribution in [0.2, 0.25) is 0 Å². The van der Waals surface area contributed by atoms with Crippen LogP contribution in [0.25, 0.3) is 15.9 Å². The second kappa shape index (κ2) is 5.73. The zero-order valence-corrected chi connectivity index (χ0v) is 12.9.